The first-order valence-corrected chi connectivity index (χ1v) is 4.98. The third kappa shape index (κ3) is 6.99. The molecule has 0 aromatic rings. The molecule has 0 spiro atoms. The lowest BCUT2D eigenvalue weighted by Crippen LogP contribution is -2.27. The monoisotopic (exact) mass is 188 g/mol. The summed E-state index contributed by atoms with van der Waals surface area (Å²) in [7, 11) is 0. The van der Waals surface area contributed by atoms with Crippen LogP contribution in [0.3, 0.4) is 0 Å². The Hall–Kier alpha value is -0.120. The van der Waals surface area contributed by atoms with Crippen LogP contribution in [0.1, 0.15) is 13.8 Å². The molecule has 1 unspecified atom stereocenters. The summed E-state index contributed by atoms with van der Waals surface area (Å²) in [4.78, 5) is 2.30. The first-order valence-electron chi connectivity index (χ1n) is 4.98. The maximum absolute atomic E-state index is 8.68. The molecule has 0 aliphatic rings. The molecule has 13 heavy (non-hydrogen) atoms. The summed E-state index contributed by atoms with van der Waals surface area (Å²) in [6.07, 6.45) is 0. The highest BCUT2D eigenvalue weighted by atomic mass is 16.5. The van der Waals surface area contributed by atoms with Gasteiger partial charge in [0.15, 0.2) is 0 Å². The third-order valence-corrected chi connectivity index (χ3v) is 2.06. The van der Waals surface area contributed by atoms with Gasteiger partial charge < -0.3 is 14.7 Å². The molecule has 79 valence electrons. The van der Waals surface area contributed by atoms with Gasteiger partial charge in [-0.3, -0.25) is 0 Å². The molecule has 0 aliphatic carbocycles. The average Bonchev–Trinajstić information content (AvgIpc) is 2.18. The SMILES string of the molecule is [CH2]C(CO)COCCN(CC)CC. The number of rotatable bonds is 8. The van der Waals surface area contributed by atoms with Gasteiger partial charge in [0.1, 0.15) is 0 Å². The second-order valence-corrected chi connectivity index (χ2v) is 3.15. The van der Waals surface area contributed by atoms with Gasteiger partial charge >= 0.3 is 0 Å². The van der Waals surface area contributed by atoms with E-state index in [1.807, 2.05) is 0 Å². The first kappa shape index (κ1) is 12.9. The molecular weight excluding hydrogens is 166 g/mol. The van der Waals surface area contributed by atoms with Gasteiger partial charge in [-0.05, 0) is 20.0 Å². The van der Waals surface area contributed by atoms with Crippen molar-refractivity contribution in [2.45, 2.75) is 13.8 Å². The van der Waals surface area contributed by atoms with Crippen LogP contribution in [0, 0.1) is 12.8 Å². The Balaban J connectivity index is 3.23. The zero-order chi connectivity index (χ0) is 10.1. The summed E-state index contributed by atoms with van der Waals surface area (Å²) >= 11 is 0. The van der Waals surface area contributed by atoms with Crippen molar-refractivity contribution in [3.63, 3.8) is 0 Å². The molecule has 0 aromatic heterocycles. The van der Waals surface area contributed by atoms with Crippen LogP contribution in [0.2, 0.25) is 0 Å². The minimum atomic E-state index is 0.0108. The lowest BCUT2D eigenvalue weighted by molar-refractivity contribution is 0.0727. The lowest BCUT2D eigenvalue weighted by Gasteiger charge is -2.18. The topological polar surface area (TPSA) is 32.7 Å². The van der Waals surface area contributed by atoms with Crippen molar-refractivity contribution in [1.82, 2.24) is 4.90 Å². The Kier molecular flexibility index (Phi) is 8.40. The summed E-state index contributed by atoms with van der Waals surface area (Å²) in [6.45, 7) is 12.5. The van der Waals surface area contributed by atoms with Crippen molar-refractivity contribution in [2.24, 2.45) is 5.92 Å². The fourth-order valence-corrected chi connectivity index (χ4v) is 1.04. The Labute approximate surface area is 81.7 Å². The lowest BCUT2D eigenvalue weighted by atomic mass is 10.2. The largest absolute Gasteiger partial charge is 0.396 e. The third-order valence-electron chi connectivity index (χ3n) is 2.06. The molecule has 0 rings (SSSR count). The molecule has 0 aromatic carbocycles. The van der Waals surface area contributed by atoms with Crippen molar-refractivity contribution in [3.05, 3.63) is 6.92 Å². The van der Waals surface area contributed by atoms with Gasteiger partial charge in [-0.1, -0.05) is 13.8 Å². The van der Waals surface area contributed by atoms with Crippen molar-refractivity contribution >= 4 is 0 Å². The van der Waals surface area contributed by atoms with Crippen LogP contribution in [0.25, 0.3) is 0 Å². The molecule has 1 N–H and O–H groups in total. The standard InChI is InChI=1S/C10H22NO2/c1-4-11(5-2)6-7-13-9-10(3)8-12/h10,12H,3-9H2,1-2H3. The van der Waals surface area contributed by atoms with E-state index in [-0.39, 0.29) is 12.5 Å². The molecule has 1 atom stereocenters. The summed E-state index contributed by atoms with van der Waals surface area (Å²) < 4.78 is 5.36. The molecule has 0 aliphatic heterocycles. The number of aliphatic hydroxyl groups excluding tert-OH is 1. The van der Waals surface area contributed by atoms with Gasteiger partial charge in [-0.2, -0.15) is 0 Å². The molecule has 3 heteroatoms. The number of hydrogen-bond donors (Lipinski definition) is 1. The number of likely N-dealkylation sites (N-methyl/N-ethyl adjacent to an activating group) is 1. The number of aliphatic hydroxyl groups is 1. The summed E-state index contributed by atoms with van der Waals surface area (Å²) in [5.74, 6) is 0.0108. The van der Waals surface area contributed by atoms with Crippen LogP contribution >= 0.6 is 0 Å². The molecule has 0 amide bonds. The minimum absolute atomic E-state index is 0.0108. The maximum atomic E-state index is 8.68. The van der Waals surface area contributed by atoms with E-state index in [1.165, 1.54) is 0 Å². The molecule has 0 heterocycles. The van der Waals surface area contributed by atoms with Crippen LogP contribution < -0.4 is 0 Å². The molecule has 0 bridgehead atoms. The first-order chi connectivity index (χ1) is 6.24. The number of hydrogen-bond acceptors (Lipinski definition) is 3. The zero-order valence-corrected chi connectivity index (χ0v) is 8.83. The highest BCUT2D eigenvalue weighted by molar-refractivity contribution is 4.57. The molecule has 0 saturated carbocycles. The molecular formula is C10H22NO2. The van der Waals surface area contributed by atoms with E-state index in [9.17, 15) is 0 Å². The predicted octanol–water partition coefficient (Wildman–Crippen LogP) is 0.787. The van der Waals surface area contributed by atoms with Gasteiger partial charge in [0.25, 0.3) is 0 Å². The Morgan fingerprint density at radius 2 is 2.00 bits per heavy atom. The second-order valence-electron chi connectivity index (χ2n) is 3.15. The summed E-state index contributed by atoms with van der Waals surface area (Å²) in [6, 6.07) is 0. The van der Waals surface area contributed by atoms with Gasteiger partial charge in [0, 0.05) is 19.1 Å². The van der Waals surface area contributed by atoms with Crippen LogP contribution in [-0.2, 0) is 4.74 Å². The second kappa shape index (κ2) is 8.48. The van der Waals surface area contributed by atoms with E-state index in [0.717, 1.165) is 26.2 Å². The van der Waals surface area contributed by atoms with Gasteiger partial charge in [-0.15, -0.1) is 0 Å². The zero-order valence-electron chi connectivity index (χ0n) is 8.83. The summed E-state index contributed by atoms with van der Waals surface area (Å²) in [5, 5.41) is 8.68. The Bertz CT molecular complexity index is 105. The number of nitrogens with zero attached hydrogens (tertiary/aromatic N) is 1. The predicted molar refractivity (Wildman–Crippen MR) is 54.5 cm³/mol. The van der Waals surface area contributed by atoms with Crippen LogP contribution in [0.5, 0.6) is 0 Å². The van der Waals surface area contributed by atoms with Crippen LogP contribution in [-0.4, -0.2) is 49.5 Å². The minimum Gasteiger partial charge on any atom is -0.396 e. The summed E-state index contributed by atoms with van der Waals surface area (Å²) in [5.41, 5.74) is 0. The van der Waals surface area contributed by atoms with E-state index < -0.39 is 0 Å². The fraction of sp³-hybridized carbons (Fsp3) is 0.900. The van der Waals surface area contributed by atoms with E-state index >= 15 is 0 Å². The van der Waals surface area contributed by atoms with Crippen molar-refractivity contribution in [3.8, 4) is 0 Å². The van der Waals surface area contributed by atoms with E-state index in [1.54, 1.807) is 0 Å². The highest BCUT2D eigenvalue weighted by Crippen LogP contribution is 1.93. The van der Waals surface area contributed by atoms with E-state index in [0.29, 0.717) is 6.61 Å². The molecule has 1 radical (unpaired) electrons. The molecule has 3 nitrogen and oxygen atoms in total. The van der Waals surface area contributed by atoms with Crippen molar-refractivity contribution in [2.75, 3.05) is 39.5 Å². The fourth-order valence-electron chi connectivity index (χ4n) is 1.04. The highest BCUT2D eigenvalue weighted by Gasteiger charge is 2.01. The van der Waals surface area contributed by atoms with E-state index in [2.05, 4.69) is 25.7 Å². The Morgan fingerprint density at radius 1 is 1.38 bits per heavy atom. The average molecular weight is 188 g/mol. The quantitative estimate of drug-likeness (QED) is 0.572. The molecule has 0 saturated heterocycles. The normalized spacial score (nSPS) is 13.6. The van der Waals surface area contributed by atoms with Gasteiger partial charge in [-0.25, -0.2) is 0 Å². The smallest absolute Gasteiger partial charge is 0.0593 e. The molecule has 0 fully saturated rings. The van der Waals surface area contributed by atoms with Crippen molar-refractivity contribution in [1.29, 1.82) is 0 Å². The number of ether oxygens (including phenoxy) is 1. The van der Waals surface area contributed by atoms with Crippen molar-refractivity contribution < 1.29 is 9.84 Å². The van der Waals surface area contributed by atoms with Gasteiger partial charge in [0.2, 0.25) is 0 Å². The van der Waals surface area contributed by atoms with Crippen LogP contribution in [0.15, 0.2) is 0 Å². The Morgan fingerprint density at radius 3 is 2.46 bits per heavy atom. The van der Waals surface area contributed by atoms with Gasteiger partial charge in [0.05, 0.1) is 13.2 Å². The van der Waals surface area contributed by atoms with Crippen LogP contribution in [0.4, 0.5) is 0 Å². The van der Waals surface area contributed by atoms with E-state index in [4.69, 9.17) is 9.84 Å². The maximum Gasteiger partial charge on any atom is 0.0593 e.